The normalized spacial score (nSPS) is 24.7. The van der Waals surface area contributed by atoms with E-state index in [2.05, 4.69) is 93.1 Å². The van der Waals surface area contributed by atoms with Crippen molar-refractivity contribution in [2.75, 3.05) is 44.5 Å². The third kappa shape index (κ3) is 16.6. The molecule has 2 N–H and O–H groups in total. The topological polar surface area (TPSA) is 229 Å². The number of esters is 1. The van der Waals surface area contributed by atoms with Crippen LogP contribution in [0.4, 0.5) is 0 Å². The van der Waals surface area contributed by atoms with E-state index < -0.39 is 116 Å². The number of H-pyrrole nitrogens is 2. The van der Waals surface area contributed by atoms with Crippen molar-refractivity contribution in [3.05, 3.63) is 78.0 Å². The zero-order valence-electron chi connectivity index (χ0n) is 51.3. The van der Waals surface area contributed by atoms with Gasteiger partial charge >= 0.3 is 226 Å². The summed E-state index contributed by atoms with van der Waals surface area (Å²) in [7, 11) is -11.3. The van der Waals surface area contributed by atoms with E-state index in [0.29, 0.717) is 25.8 Å². The number of carbonyl (C=O) groups excluding carboxylic acids is 2. The molecule has 3 fully saturated rings. The number of allylic oxidation sites excluding steroid dienone is 1. The number of nitrogens with one attached hydrogen (secondary N) is 2. The van der Waals surface area contributed by atoms with E-state index in [0.717, 1.165) is 12.1 Å². The molecule has 0 radical (unpaired) electrons. The molecule has 0 bridgehead atoms. The number of likely N-dealkylation sites (tertiary alicyclic amines) is 1. The van der Waals surface area contributed by atoms with Crippen LogP contribution in [0.2, 0.25) is 34.8 Å². The second kappa shape index (κ2) is 29.1. The summed E-state index contributed by atoms with van der Waals surface area (Å²) in [5.74, 6) is -0.582. The minimum absolute atomic E-state index is 0.0391. The van der Waals surface area contributed by atoms with Crippen molar-refractivity contribution in [3.63, 3.8) is 0 Å². The second-order valence-corrected chi connectivity index (χ2v) is 42.4. The van der Waals surface area contributed by atoms with E-state index in [9.17, 15) is 33.3 Å². The van der Waals surface area contributed by atoms with Crippen molar-refractivity contribution in [3.8, 4) is 0 Å². The molecule has 80 heavy (non-hydrogen) atoms. The molecule has 3 aliphatic rings. The number of nitrogens with zero attached hydrogens (tertiary/aromatic N) is 3. The van der Waals surface area contributed by atoms with Crippen molar-refractivity contribution in [1.29, 1.82) is 0 Å². The summed E-state index contributed by atoms with van der Waals surface area (Å²) < 4.78 is 64.5. The average molecular weight is 1200 g/mol. The number of aromatic nitrogens is 4. The number of hydrogen-bond donors (Lipinski definition) is 2. The Balaban J connectivity index is 1.51. The van der Waals surface area contributed by atoms with Crippen LogP contribution in [0.3, 0.4) is 0 Å². The van der Waals surface area contributed by atoms with Gasteiger partial charge in [0.2, 0.25) is 8.32 Å². The summed E-state index contributed by atoms with van der Waals surface area (Å²) in [5.41, 5.74) is -1.77. The van der Waals surface area contributed by atoms with Crippen molar-refractivity contribution in [2.45, 2.75) is 244 Å². The molecule has 0 aromatic carbocycles. The van der Waals surface area contributed by atoms with Crippen LogP contribution in [0.1, 0.15) is 173 Å². The molecule has 3 aliphatic heterocycles. The van der Waals surface area contributed by atoms with E-state index in [-0.39, 0.29) is 34.0 Å². The molecule has 1 amide bonds. The molecule has 5 heterocycles. The van der Waals surface area contributed by atoms with Gasteiger partial charge in [-0.15, -0.1) is 0 Å². The SMILES string of the molecule is CCCC[PH](CCCC)(CCCC)CCCN1C(=O)CCC1=CCC(=O)O[C@@H]1C(O[Si](C(C)C)(C(C)C)C(C)C)[C@H](n2ccc(=O)[nH]c2=O)O[C@@H]1COP(C)(=O)O[C@@H]1C(O[Si](C)(C)C(C)(C)C)[C@H](n2ccc(=O)[nH]c2=O)O[C@@H]1CC. The molecule has 23 heteroatoms. The molecule has 2 aromatic rings. The fourth-order valence-corrected chi connectivity index (χ4v) is 26.0. The molecular weight excluding hydrogens is 1100 g/mol. The molecule has 19 nitrogen and oxygen atoms in total. The number of unbranched alkanes of at least 4 members (excludes halogenated alkanes) is 3. The Hall–Kier alpha value is -3.11. The third-order valence-electron chi connectivity index (χ3n) is 17.6. The van der Waals surface area contributed by atoms with E-state index in [1.165, 1.54) is 103 Å². The maximum atomic E-state index is 15.0. The van der Waals surface area contributed by atoms with Gasteiger partial charge in [-0.1, -0.05) is 69.2 Å². The van der Waals surface area contributed by atoms with Crippen molar-refractivity contribution >= 4 is 43.4 Å². The maximum absolute atomic E-state index is 15.0. The van der Waals surface area contributed by atoms with Gasteiger partial charge in [0.15, 0.2) is 14.5 Å². The van der Waals surface area contributed by atoms with Gasteiger partial charge in [-0.3, -0.25) is 37.8 Å². The molecule has 0 aliphatic carbocycles. The number of carbonyl (C=O) groups is 2. The Morgan fingerprint density at radius 3 is 1.69 bits per heavy atom. The summed E-state index contributed by atoms with van der Waals surface area (Å²) in [6, 6.07) is 2.42. The van der Waals surface area contributed by atoms with Crippen molar-refractivity contribution in [1.82, 2.24) is 24.0 Å². The molecule has 3 saturated heterocycles. The zero-order chi connectivity index (χ0) is 59.5. The molecule has 0 saturated carbocycles. The first-order valence-electron chi connectivity index (χ1n) is 29.9. The summed E-state index contributed by atoms with van der Waals surface area (Å²) in [6.07, 6.45) is 10.2. The van der Waals surface area contributed by atoms with Crippen LogP contribution in [0.15, 0.2) is 55.5 Å². The van der Waals surface area contributed by atoms with E-state index in [4.69, 9.17) is 32.1 Å². The quantitative estimate of drug-likeness (QED) is 0.0407. The number of aromatic amines is 2. The van der Waals surface area contributed by atoms with Crippen molar-refractivity contribution < 1.29 is 46.3 Å². The number of rotatable bonds is 31. The van der Waals surface area contributed by atoms with E-state index >= 15 is 0 Å². The van der Waals surface area contributed by atoms with Crippen LogP contribution < -0.4 is 22.5 Å². The van der Waals surface area contributed by atoms with Crippen LogP contribution in [0.5, 0.6) is 0 Å². The van der Waals surface area contributed by atoms with Gasteiger partial charge in [-0.25, -0.2) is 9.59 Å². The van der Waals surface area contributed by atoms with Crippen LogP contribution in [-0.4, -0.2) is 134 Å². The predicted octanol–water partition coefficient (Wildman–Crippen LogP) is 10.8. The number of amides is 1. The van der Waals surface area contributed by atoms with Gasteiger partial charge in [0.25, 0.3) is 11.1 Å². The summed E-state index contributed by atoms with van der Waals surface area (Å²) in [5, 5.41) is -0.306. The third-order valence-corrected chi connectivity index (χ3v) is 35.0. The van der Waals surface area contributed by atoms with Crippen LogP contribution in [0.25, 0.3) is 0 Å². The summed E-state index contributed by atoms with van der Waals surface area (Å²) in [4.78, 5) is 86.3. The average Bonchev–Trinajstić information content (AvgIpc) is 4.01. The van der Waals surface area contributed by atoms with Gasteiger partial charge in [0.05, 0.1) is 6.10 Å². The summed E-state index contributed by atoms with van der Waals surface area (Å²) >= 11 is 0. The molecule has 0 spiro atoms. The van der Waals surface area contributed by atoms with Gasteiger partial charge in [0.1, 0.15) is 12.2 Å². The standard InChI is InChI=1S/C57H101N5O14P2Si2/c1-17-21-34-78(35-22-18-2,36-23-19-3)37-24-31-60-42(25-27-47(60)65)26-28-48(66)73-49-44(72-53(61-32-29-45(63)58-55(61)67)51(49)76-80(39(5)6,40(7)8)41(9)10)38-70-77(14,69)74-50-43(20-4)71-54(62-33-30-46(64)59-56(62)68)52(50)75-79(15,16)57(11,12)13/h26,29-30,32-33,39-41,43-44,49-54,78H,17-25,27-28,31,34-38H2,1-16H3,(H,58,63,67)(H,59,64,68)/t43-,44-,49+,50+,51?,52?,53-,54-,77?/m1/s1. The Morgan fingerprint density at radius 1 is 0.738 bits per heavy atom. The second-order valence-electron chi connectivity index (χ2n) is 25.3. The first-order valence-corrected chi connectivity index (χ1v) is 39.8. The van der Waals surface area contributed by atoms with Crippen LogP contribution >= 0.6 is 14.9 Å². The molecule has 9 atom stereocenters. The first kappa shape index (κ1) is 67.7. The molecule has 456 valence electrons. The Bertz CT molecular complexity index is 2640. The van der Waals surface area contributed by atoms with Crippen LogP contribution in [-0.2, 0) is 46.3 Å². The minimum atomic E-state index is -4.18. The minimum Gasteiger partial charge on any atom is -0.407 e. The first-order chi connectivity index (χ1) is 37.5. The summed E-state index contributed by atoms with van der Waals surface area (Å²) in [6.45, 7) is 33.0. The molecule has 2 aromatic heterocycles. The Kier molecular flexibility index (Phi) is 24.6. The molecular formula is C57H101N5O14P2Si2. The van der Waals surface area contributed by atoms with Gasteiger partial charge in [-0.2, -0.15) is 0 Å². The monoisotopic (exact) mass is 1200 g/mol. The van der Waals surface area contributed by atoms with Gasteiger partial charge in [0, 0.05) is 31.2 Å². The zero-order valence-corrected chi connectivity index (χ0v) is 55.2. The number of ether oxygens (including phenoxy) is 3. The molecule has 5 rings (SSSR count). The predicted molar refractivity (Wildman–Crippen MR) is 324 cm³/mol. The smallest absolute Gasteiger partial charge is 0.407 e. The van der Waals surface area contributed by atoms with E-state index in [1.807, 2.05) is 24.9 Å². The number of hydrogen-bond acceptors (Lipinski definition) is 14. The van der Waals surface area contributed by atoms with E-state index in [1.54, 1.807) is 6.08 Å². The Morgan fingerprint density at radius 2 is 1.23 bits per heavy atom. The van der Waals surface area contributed by atoms with Gasteiger partial charge < -0.3 is 13.7 Å². The van der Waals surface area contributed by atoms with Crippen molar-refractivity contribution in [2.24, 2.45) is 0 Å². The fraction of sp³-hybridized carbons (Fsp3) is 0.789. The fourth-order valence-electron chi connectivity index (χ4n) is 12.3. The van der Waals surface area contributed by atoms with Gasteiger partial charge in [-0.05, 0) is 41.2 Å². The molecule has 3 unspecified atom stereocenters. The Labute approximate surface area is 478 Å². The van der Waals surface area contributed by atoms with Crippen LogP contribution in [0, 0.1) is 0 Å².